The number of carbonyl (C=O) groups is 1. The van der Waals surface area contributed by atoms with E-state index < -0.39 is 10.0 Å². The molecule has 0 fully saturated rings. The highest BCUT2D eigenvalue weighted by molar-refractivity contribution is 7.89. The van der Waals surface area contributed by atoms with Crippen LogP contribution in [-0.2, 0) is 26.0 Å². The third-order valence-electron chi connectivity index (χ3n) is 3.88. The fourth-order valence-corrected chi connectivity index (χ4v) is 3.56. The zero-order chi connectivity index (χ0) is 20.4. The molecule has 0 unspecified atom stereocenters. The largest absolute Gasteiger partial charge is 0.484 e. The summed E-state index contributed by atoms with van der Waals surface area (Å²) in [5.41, 5.74) is 1.06. The first-order valence-corrected chi connectivity index (χ1v) is 10.4. The molecule has 28 heavy (non-hydrogen) atoms. The van der Waals surface area contributed by atoms with Gasteiger partial charge >= 0.3 is 0 Å². The van der Waals surface area contributed by atoms with Crippen LogP contribution >= 0.6 is 0 Å². The van der Waals surface area contributed by atoms with E-state index in [-0.39, 0.29) is 23.5 Å². The Hall–Kier alpha value is -2.42. The molecule has 0 aliphatic carbocycles. The van der Waals surface area contributed by atoms with Crippen molar-refractivity contribution in [1.29, 1.82) is 0 Å². The number of rotatable bonds is 11. The molecule has 2 N–H and O–H groups in total. The molecular formula is C20H26N2O5S. The van der Waals surface area contributed by atoms with Gasteiger partial charge in [-0.2, -0.15) is 0 Å². The number of hydrogen-bond acceptors (Lipinski definition) is 5. The molecule has 0 aliphatic heterocycles. The van der Waals surface area contributed by atoms with Crippen molar-refractivity contribution in [2.45, 2.75) is 24.3 Å². The topological polar surface area (TPSA) is 93.7 Å². The monoisotopic (exact) mass is 406 g/mol. The van der Waals surface area contributed by atoms with Crippen LogP contribution in [0.2, 0.25) is 0 Å². The number of methoxy groups -OCH3 is 1. The zero-order valence-corrected chi connectivity index (χ0v) is 16.9. The number of nitrogens with one attached hydrogen (secondary N) is 2. The van der Waals surface area contributed by atoms with E-state index in [1.807, 2.05) is 37.3 Å². The van der Waals surface area contributed by atoms with Gasteiger partial charge in [-0.05, 0) is 43.2 Å². The van der Waals surface area contributed by atoms with Crippen molar-refractivity contribution in [2.24, 2.45) is 0 Å². The Balaban J connectivity index is 1.82. The highest BCUT2D eigenvalue weighted by Crippen LogP contribution is 2.16. The quantitative estimate of drug-likeness (QED) is 0.593. The van der Waals surface area contributed by atoms with Gasteiger partial charge in [0.15, 0.2) is 6.61 Å². The smallest absolute Gasteiger partial charge is 0.258 e. The third-order valence-corrected chi connectivity index (χ3v) is 5.35. The van der Waals surface area contributed by atoms with Crippen LogP contribution < -0.4 is 14.8 Å². The Morgan fingerprint density at radius 3 is 2.39 bits per heavy atom. The summed E-state index contributed by atoms with van der Waals surface area (Å²) in [6.07, 6.45) is 0.609. The van der Waals surface area contributed by atoms with Crippen LogP contribution in [0.4, 0.5) is 0 Å². The summed E-state index contributed by atoms with van der Waals surface area (Å²) in [7, 11) is -2.04. The first-order valence-electron chi connectivity index (χ1n) is 8.95. The van der Waals surface area contributed by atoms with Crippen molar-refractivity contribution in [1.82, 2.24) is 10.0 Å². The Morgan fingerprint density at radius 2 is 1.75 bits per heavy atom. The second-order valence-electron chi connectivity index (χ2n) is 6.32. The molecule has 2 rings (SSSR count). The van der Waals surface area contributed by atoms with Gasteiger partial charge in [0.05, 0.1) is 11.5 Å². The summed E-state index contributed by atoms with van der Waals surface area (Å²) in [4.78, 5) is 11.9. The van der Waals surface area contributed by atoms with Gasteiger partial charge in [0.1, 0.15) is 5.75 Å². The van der Waals surface area contributed by atoms with Crippen LogP contribution in [0.15, 0.2) is 59.5 Å². The lowest BCUT2D eigenvalue weighted by atomic mass is 10.2. The van der Waals surface area contributed by atoms with Gasteiger partial charge in [0, 0.05) is 19.7 Å². The fraction of sp³-hybridized carbons (Fsp3) is 0.350. The average molecular weight is 407 g/mol. The maximum atomic E-state index is 12.4. The molecular weight excluding hydrogens is 380 g/mol. The summed E-state index contributed by atoms with van der Waals surface area (Å²) in [6, 6.07) is 15.5. The average Bonchev–Trinajstić information content (AvgIpc) is 2.67. The summed E-state index contributed by atoms with van der Waals surface area (Å²) in [6.45, 7) is 2.39. The molecule has 1 amide bonds. The lowest BCUT2D eigenvalue weighted by Gasteiger charge is -2.13. The Bertz CT molecular complexity index is 839. The highest BCUT2D eigenvalue weighted by atomic mass is 32.2. The zero-order valence-electron chi connectivity index (χ0n) is 16.1. The van der Waals surface area contributed by atoms with Crippen molar-refractivity contribution in [3.63, 3.8) is 0 Å². The van der Waals surface area contributed by atoms with E-state index in [1.165, 1.54) is 24.3 Å². The van der Waals surface area contributed by atoms with Gasteiger partial charge < -0.3 is 14.8 Å². The van der Waals surface area contributed by atoms with Gasteiger partial charge in [-0.1, -0.05) is 30.3 Å². The molecule has 2 aromatic rings. The predicted octanol–water partition coefficient (Wildman–Crippen LogP) is 1.74. The number of sulfonamides is 1. The molecule has 1 atom stereocenters. The van der Waals surface area contributed by atoms with Crippen molar-refractivity contribution >= 4 is 15.9 Å². The maximum absolute atomic E-state index is 12.4. The van der Waals surface area contributed by atoms with E-state index >= 15 is 0 Å². The molecule has 0 aromatic heterocycles. The fourth-order valence-electron chi connectivity index (χ4n) is 2.53. The van der Waals surface area contributed by atoms with Crippen LogP contribution in [-0.4, -0.2) is 47.2 Å². The second kappa shape index (κ2) is 10.8. The number of carbonyl (C=O) groups excluding carboxylic acids is 1. The van der Waals surface area contributed by atoms with E-state index in [2.05, 4.69) is 10.0 Å². The lowest BCUT2D eigenvalue weighted by molar-refractivity contribution is -0.124. The van der Waals surface area contributed by atoms with E-state index in [0.717, 1.165) is 5.56 Å². The molecule has 0 aliphatic rings. The second-order valence-corrected chi connectivity index (χ2v) is 8.08. The summed E-state index contributed by atoms with van der Waals surface area (Å²) in [5.74, 6) is 0.140. The van der Waals surface area contributed by atoms with Crippen LogP contribution in [0.1, 0.15) is 12.5 Å². The predicted molar refractivity (Wildman–Crippen MR) is 107 cm³/mol. The third kappa shape index (κ3) is 7.30. The molecule has 7 nitrogen and oxygen atoms in total. The molecule has 152 valence electrons. The molecule has 8 heteroatoms. The van der Waals surface area contributed by atoms with Crippen molar-refractivity contribution in [3.8, 4) is 5.75 Å². The van der Waals surface area contributed by atoms with E-state index in [0.29, 0.717) is 25.3 Å². The number of ether oxygens (including phenoxy) is 2. The lowest BCUT2D eigenvalue weighted by Crippen LogP contribution is -2.38. The van der Waals surface area contributed by atoms with Gasteiger partial charge in [0.25, 0.3) is 5.91 Å². The maximum Gasteiger partial charge on any atom is 0.258 e. The van der Waals surface area contributed by atoms with Gasteiger partial charge in [-0.25, -0.2) is 13.1 Å². The standard InChI is InChI=1S/C20H26N2O5S/c1-16(14-26-2)22-20(23)15-27-18-8-10-19(11-9-18)28(24,25)21-13-12-17-6-4-3-5-7-17/h3-11,16,21H,12-15H2,1-2H3,(H,22,23)/t16-/m1/s1. The SMILES string of the molecule is COC[C@@H](C)NC(=O)COc1ccc(S(=O)(=O)NCCc2ccccc2)cc1. The molecule has 0 bridgehead atoms. The van der Waals surface area contributed by atoms with E-state index in [4.69, 9.17) is 9.47 Å². The molecule has 0 radical (unpaired) electrons. The van der Waals surface area contributed by atoms with Crippen LogP contribution in [0.5, 0.6) is 5.75 Å². The molecule has 0 saturated heterocycles. The van der Waals surface area contributed by atoms with Gasteiger partial charge in [-0.3, -0.25) is 4.79 Å². The Kier molecular flexibility index (Phi) is 8.43. The van der Waals surface area contributed by atoms with Crippen molar-refractivity contribution in [3.05, 3.63) is 60.2 Å². The molecule has 0 saturated carbocycles. The minimum atomic E-state index is -3.60. The van der Waals surface area contributed by atoms with Gasteiger partial charge in [0.2, 0.25) is 10.0 Å². The summed E-state index contributed by atoms with van der Waals surface area (Å²) < 4.78 is 37.6. The van der Waals surface area contributed by atoms with Crippen molar-refractivity contribution < 1.29 is 22.7 Å². The number of hydrogen-bond donors (Lipinski definition) is 2. The van der Waals surface area contributed by atoms with Crippen LogP contribution in [0, 0.1) is 0 Å². The molecule has 0 spiro atoms. The first-order chi connectivity index (χ1) is 13.4. The van der Waals surface area contributed by atoms with E-state index in [1.54, 1.807) is 7.11 Å². The minimum Gasteiger partial charge on any atom is -0.484 e. The van der Waals surface area contributed by atoms with Crippen molar-refractivity contribution in [2.75, 3.05) is 26.9 Å². The Morgan fingerprint density at radius 1 is 1.07 bits per heavy atom. The Labute approximate surface area is 166 Å². The van der Waals surface area contributed by atoms with Crippen LogP contribution in [0.3, 0.4) is 0 Å². The summed E-state index contributed by atoms with van der Waals surface area (Å²) in [5, 5.41) is 2.73. The molecule has 0 heterocycles. The first kappa shape index (κ1) is 21.9. The molecule has 2 aromatic carbocycles. The van der Waals surface area contributed by atoms with E-state index in [9.17, 15) is 13.2 Å². The van der Waals surface area contributed by atoms with Crippen LogP contribution in [0.25, 0.3) is 0 Å². The normalized spacial score (nSPS) is 12.4. The number of amides is 1. The number of benzene rings is 2. The highest BCUT2D eigenvalue weighted by Gasteiger charge is 2.14. The van der Waals surface area contributed by atoms with Gasteiger partial charge in [-0.15, -0.1) is 0 Å². The minimum absolute atomic E-state index is 0.115. The summed E-state index contributed by atoms with van der Waals surface area (Å²) >= 11 is 0.